The highest BCUT2D eigenvalue weighted by molar-refractivity contribution is 9.10. The SMILES string of the molecule is Cc1cc(C(=O)Nc2ccc(Br)c(F)c2)cc(NN)n1. The van der Waals surface area contributed by atoms with Gasteiger partial charge < -0.3 is 10.7 Å². The van der Waals surface area contributed by atoms with Gasteiger partial charge in [0.25, 0.3) is 5.91 Å². The van der Waals surface area contributed by atoms with Crippen LogP contribution in [0, 0.1) is 12.7 Å². The molecule has 104 valence electrons. The van der Waals surface area contributed by atoms with E-state index >= 15 is 0 Å². The number of nitrogens with one attached hydrogen (secondary N) is 2. The number of amides is 1. The summed E-state index contributed by atoms with van der Waals surface area (Å²) in [7, 11) is 0. The van der Waals surface area contributed by atoms with Crippen LogP contribution in [0.5, 0.6) is 0 Å². The minimum Gasteiger partial charge on any atom is -0.322 e. The first-order chi connectivity index (χ1) is 9.49. The number of hydrogen-bond acceptors (Lipinski definition) is 4. The molecule has 0 unspecified atom stereocenters. The first-order valence-corrected chi connectivity index (χ1v) is 6.50. The van der Waals surface area contributed by atoms with Gasteiger partial charge >= 0.3 is 0 Å². The van der Waals surface area contributed by atoms with E-state index in [0.29, 0.717) is 27.2 Å². The lowest BCUT2D eigenvalue weighted by Crippen LogP contribution is -2.15. The van der Waals surface area contributed by atoms with E-state index in [0.717, 1.165) is 0 Å². The predicted octanol–water partition coefficient (Wildman–Crippen LogP) is 2.83. The Labute approximate surface area is 123 Å². The summed E-state index contributed by atoms with van der Waals surface area (Å²) in [5, 5.41) is 2.61. The Balaban J connectivity index is 2.23. The molecule has 4 N–H and O–H groups in total. The van der Waals surface area contributed by atoms with E-state index in [2.05, 4.69) is 31.7 Å². The molecule has 2 rings (SSSR count). The Morgan fingerprint density at radius 1 is 1.35 bits per heavy atom. The molecule has 1 amide bonds. The van der Waals surface area contributed by atoms with E-state index in [1.807, 2.05) is 0 Å². The molecule has 0 bridgehead atoms. The fourth-order valence-corrected chi connectivity index (χ4v) is 1.90. The van der Waals surface area contributed by atoms with E-state index in [1.165, 1.54) is 18.2 Å². The lowest BCUT2D eigenvalue weighted by Gasteiger charge is -2.08. The topological polar surface area (TPSA) is 80.0 Å². The molecular weight excluding hydrogens is 327 g/mol. The number of anilines is 2. The average Bonchev–Trinajstić information content (AvgIpc) is 2.42. The summed E-state index contributed by atoms with van der Waals surface area (Å²) in [5.74, 6) is 4.85. The molecule has 1 heterocycles. The molecule has 5 nitrogen and oxygen atoms in total. The number of pyridine rings is 1. The van der Waals surface area contributed by atoms with Gasteiger partial charge in [-0.3, -0.25) is 4.79 Å². The number of nitrogens with zero attached hydrogens (tertiary/aromatic N) is 1. The molecule has 20 heavy (non-hydrogen) atoms. The predicted molar refractivity (Wildman–Crippen MR) is 78.8 cm³/mol. The van der Waals surface area contributed by atoms with Crippen LogP contribution in [0.2, 0.25) is 0 Å². The summed E-state index contributed by atoms with van der Waals surface area (Å²) in [6.07, 6.45) is 0. The Bertz CT molecular complexity index is 663. The van der Waals surface area contributed by atoms with Gasteiger partial charge in [0.1, 0.15) is 11.6 Å². The van der Waals surface area contributed by atoms with E-state index in [9.17, 15) is 9.18 Å². The fourth-order valence-electron chi connectivity index (χ4n) is 1.65. The molecule has 0 fully saturated rings. The second-order valence-electron chi connectivity index (χ2n) is 4.11. The van der Waals surface area contributed by atoms with Crippen LogP contribution in [0.15, 0.2) is 34.8 Å². The van der Waals surface area contributed by atoms with Gasteiger partial charge in [0.15, 0.2) is 0 Å². The molecule has 0 aliphatic carbocycles. The van der Waals surface area contributed by atoms with Crippen molar-refractivity contribution in [3.63, 3.8) is 0 Å². The van der Waals surface area contributed by atoms with Crippen LogP contribution in [0.4, 0.5) is 15.9 Å². The third-order valence-corrected chi connectivity index (χ3v) is 3.18. The molecule has 2 aromatic rings. The summed E-state index contributed by atoms with van der Waals surface area (Å²) in [4.78, 5) is 16.2. The van der Waals surface area contributed by atoms with Crippen molar-refractivity contribution in [1.29, 1.82) is 0 Å². The number of carbonyl (C=O) groups is 1. The molecule has 1 aromatic heterocycles. The quantitative estimate of drug-likeness (QED) is 0.593. The summed E-state index contributed by atoms with van der Waals surface area (Å²) in [5.41, 5.74) is 3.78. The monoisotopic (exact) mass is 338 g/mol. The molecule has 0 aliphatic heterocycles. The fraction of sp³-hybridized carbons (Fsp3) is 0.0769. The zero-order valence-electron chi connectivity index (χ0n) is 10.6. The van der Waals surface area contributed by atoms with Gasteiger partial charge in [-0.2, -0.15) is 0 Å². The number of aryl methyl sites for hydroxylation is 1. The second-order valence-corrected chi connectivity index (χ2v) is 4.96. The maximum absolute atomic E-state index is 13.4. The molecule has 7 heteroatoms. The Kier molecular flexibility index (Phi) is 4.31. The third kappa shape index (κ3) is 3.31. The lowest BCUT2D eigenvalue weighted by atomic mass is 10.2. The number of halogens is 2. The average molecular weight is 339 g/mol. The maximum Gasteiger partial charge on any atom is 0.255 e. The van der Waals surface area contributed by atoms with Crippen LogP contribution in [0.25, 0.3) is 0 Å². The van der Waals surface area contributed by atoms with E-state index in [-0.39, 0.29) is 5.91 Å². The van der Waals surface area contributed by atoms with Crippen molar-refractivity contribution >= 4 is 33.3 Å². The molecule has 0 atom stereocenters. The normalized spacial score (nSPS) is 10.2. The summed E-state index contributed by atoms with van der Waals surface area (Å²) in [6.45, 7) is 1.75. The highest BCUT2D eigenvalue weighted by Crippen LogP contribution is 2.20. The number of benzene rings is 1. The lowest BCUT2D eigenvalue weighted by molar-refractivity contribution is 0.102. The van der Waals surface area contributed by atoms with Crippen molar-refractivity contribution in [3.8, 4) is 0 Å². The number of carbonyl (C=O) groups excluding carboxylic acids is 1. The number of hydrogen-bond donors (Lipinski definition) is 3. The molecule has 1 aromatic carbocycles. The minimum atomic E-state index is -0.446. The van der Waals surface area contributed by atoms with Crippen LogP contribution >= 0.6 is 15.9 Å². The minimum absolute atomic E-state index is 0.338. The number of nitrogens with two attached hydrogens (primary N) is 1. The van der Waals surface area contributed by atoms with Crippen LogP contribution in [0.3, 0.4) is 0 Å². The highest BCUT2D eigenvalue weighted by atomic mass is 79.9. The Hall–Kier alpha value is -1.99. The van der Waals surface area contributed by atoms with Gasteiger partial charge in [-0.15, -0.1) is 0 Å². The van der Waals surface area contributed by atoms with Crippen LogP contribution in [-0.4, -0.2) is 10.9 Å². The molecule has 0 spiro atoms. The molecule has 0 saturated heterocycles. The molecular formula is C13H12BrFN4O. The van der Waals surface area contributed by atoms with Crippen molar-refractivity contribution in [2.24, 2.45) is 5.84 Å². The van der Waals surface area contributed by atoms with Gasteiger partial charge in [0, 0.05) is 16.9 Å². The van der Waals surface area contributed by atoms with E-state index in [1.54, 1.807) is 19.1 Å². The number of nitrogen functional groups attached to an aromatic ring is 1. The molecule has 0 radical (unpaired) electrons. The Morgan fingerprint density at radius 3 is 2.75 bits per heavy atom. The zero-order chi connectivity index (χ0) is 14.7. The first-order valence-electron chi connectivity index (χ1n) is 5.71. The third-order valence-electron chi connectivity index (χ3n) is 2.54. The first kappa shape index (κ1) is 14.4. The van der Waals surface area contributed by atoms with Crippen molar-refractivity contribution in [2.45, 2.75) is 6.92 Å². The van der Waals surface area contributed by atoms with Gasteiger partial charge in [-0.25, -0.2) is 15.2 Å². The summed E-state index contributed by atoms with van der Waals surface area (Å²) >= 11 is 3.05. The van der Waals surface area contributed by atoms with Gasteiger partial charge in [0.2, 0.25) is 0 Å². The van der Waals surface area contributed by atoms with Crippen molar-refractivity contribution in [1.82, 2.24) is 4.98 Å². The number of rotatable bonds is 3. The smallest absolute Gasteiger partial charge is 0.255 e. The highest BCUT2D eigenvalue weighted by Gasteiger charge is 2.10. The maximum atomic E-state index is 13.4. The molecule has 0 aliphatic rings. The van der Waals surface area contributed by atoms with Gasteiger partial charge in [-0.05, 0) is 53.2 Å². The second kappa shape index (κ2) is 5.98. The van der Waals surface area contributed by atoms with E-state index < -0.39 is 5.82 Å². The van der Waals surface area contributed by atoms with E-state index in [4.69, 9.17) is 5.84 Å². The molecule has 0 saturated carbocycles. The van der Waals surface area contributed by atoms with Gasteiger partial charge in [-0.1, -0.05) is 0 Å². The van der Waals surface area contributed by atoms with Crippen LogP contribution in [-0.2, 0) is 0 Å². The van der Waals surface area contributed by atoms with Crippen molar-refractivity contribution in [2.75, 3.05) is 10.7 Å². The summed E-state index contributed by atoms with van der Waals surface area (Å²) in [6, 6.07) is 7.48. The summed E-state index contributed by atoms with van der Waals surface area (Å²) < 4.78 is 13.7. The van der Waals surface area contributed by atoms with Crippen molar-refractivity contribution in [3.05, 3.63) is 51.9 Å². The van der Waals surface area contributed by atoms with Crippen LogP contribution in [0.1, 0.15) is 16.1 Å². The largest absolute Gasteiger partial charge is 0.322 e. The van der Waals surface area contributed by atoms with Gasteiger partial charge in [0.05, 0.1) is 4.47 Å². The van der Waals surface area contributed by atoms with Crippen molar-refractivity contribution < 1.29 is 9.18 Å². The standard InChI is InChI=1S/C13H12BrFN4O/c1-7-4-8(5-12(17-7)19-16)13(20)18-9-2-3-10(14)11(15)6-9/h2-6H,16H2,1H3,(H,17,19)(H,18,20). The number of hydrazine groups is 1. The Morgan fingerprint density at radius 2 is 2.10 bits per heavy atom. The zero-order valence-corrected chi connectivity index (χ0v) is 12.2. The van der Waals surface area contributed by atoms with Crippen LogP contribution < -0.4 is 16.6 Å². The number of aromatic nitrogens is 1.